The van der Waals surface area contributed by atoms with E-state index in [-0.39, 0.29) is 24.3 Å². The molecule has 0 bridgehead atoms. The van der Waals surface area contributed by atoms with Crippen molar-refractivity contribution in [2.24, 2.45) is 0 Å². The lowest BCUT2D eigenvalue weighted by Gasteiger charge is -2.22. The molecule has 1 atom stereocenters. The van der Waals surface area contributed by atoms with E-state index in [9.17, 15) is 19.5 Å². The van der Waals surface area contributed by atoms with Crippen LogP contribution in [0.25, 0.3) is 0 Å². The van der Waals surface area contributed by atoms with Gasteiger partial charge in [0.2, 0.25) is 5.91 Å². The molecule has 2 amide bonds. The first-order valence-corrected chi connectivity index (χ1v) is 8.78. The Balaban J connectivity index is 3.54. The molecule has 0 heterocycles. The SMILES string of the molecule is CCc1c(C(=O)Cl)c(C)c(NC(=O)COC)c(C)c1C(=O)NCC(O)CO. The highest BCUT2D eigenvalue weighted by atomic mass is 35.5. The molecule has 0 aliphatic rings. The Morgan fingerprint density at radius 1 is 1.19 bits per heavy atom. The molecule has 4 N–H and O–H groups in total. The fourth-order valence-corrected chi connectivity index (χ4v) is 3.15. The number of anilines is 1. The quantitative estimate of drug-likeness (QED) is 0.457. The van der Waals surface area contributed by atoms with Crippen molar-refractivity contribution in [2.45, 2.75) is 33.3 Å². The number of benzene rings is 1. The van der Waals surface area contributed by atoms with Crippen LogP contribution in [0.5, 0.6) is 0 Å². The van der Waals surface area contributed by atoms with Gasteiger partial charge in [-0.25, -0.2) is 0 Å². The van der Waals surface area contributed by atoms with E-state index < -0.39 is 29.8 Å². The number of amides is 2. The number of carbonyl (C=O) groups excluding carboxylic acids is 3. The molecule has 1 unspecified atom stereocenters. The summed E-state index contributed by atoms with van der Waals surface area (Å²) in [5.74, 6) is -0.985. The van der Waals surface area contributed by atoms with Crippen LogP contribution in [-0.4, -0.2) is 60.2 Å². The first-order chi connectivity index (χ1) is 12.7. The van der Waals surface area contributed by atoms with E-state index in [1.54, 1.807) is 20.8 Å². The molecule has 0 spiro atoms. The highest BCUT2D eigenvalue weighted by molar-refractivity contribution is 6.68. The number of aliphatic hydroxyl groups excluding tert-OH is 2. The zero-order chi connectivity index (χ0) is 20.7. The summed E-state index contributed by atoms with van der Waals surface area (Å²) in [7, 11) is 1.37. The summed E-state index contributed by atoms with van der Waals surface area (Å²) in [4.78, 5) is 36.7. The summed E-state index contributed by atoms with van der Waals surface area (Å²) in [6.07, 6.45) is -0.757. The minimum atomic E-state index is -1.11. The van der Waals surface area contributed by atoms with Gasteiger partial charge in [-0.1, -0.05) is 6.92 Å². The van der Waals surface area contributed by atoms with Gasteiger partial charge in [0.05, 0.1) is 12.7 Å². The van der Waals surface area contributed by atoms with Gasteiger partial charge in [0.25, 0.3) is 11.1 Å². The van der Waals surface area contributed by atoms with E-state index in [4.69, 9.17) is 21.4 Å². The molecule has 8 nitrogen and oxygen atoms in total. The Labute approximate surface area is 162 Å². The summed E-state index contributed by atoms with van der Waals surface area (Å²) in [6, 6.07) is 0. The Bertz CT molecular complexity index is 735. The third-order valence-corrected chi connectivity index (χ3v) is 4.32. The molecule has 0 aliphatic heterocycles. The van der Waals surface area contributed by atoms with Gasteiger partial charge < -0.3 is 25.6 Å². The maximum atomic E-state index is 12.7. The monoisotopic (exact) mass is 400 g/mol. The van der Waals surface area contributed by atoms with Crippen molar-refractivity contribution in [3.05, 3.63) is 27.8 Å². The lowest BCUT2D eigenvalue weighted by molar-refractivity contribution is -0.119. The largest absolute Gasteiger partial charge is 0.394 e. The molecule has 27 heavy (non-hydrogen) atoms. The molecule has 150 valence electrons. The molecule has 9 heteroatoms. The molecule has 0 aliphatic carbocycles. The van der Waals surface area contributed by atoms with Gasteiger partial charge in [-0.2, -0.15) is 0 Å². The van der Waals surface area contributed by atoms with Crippen LogP contribution in [0.15, 0.2) is 0 Å². The average molecular weight is 401 g/mol. The van der Waals surface area contributed by atoms with Gasteiger partial charge in [-0.3, -0.25) is 14.4 Å². The number of carbonyl (C=O) groups is 3. The Morgan fingerprint density at radius 2 is 1.78 bits per heavy atom. The molecule has 0 fully saturated rings. The Hall–Kier alpha value is -2.00. The maximum absolute atomic E-state index is 12.7. The highest BCUT2D eigenvalue weighted by Gasteiger charge is 2.26. The first-order valence-electron chi connectivity index (χ1n) is 8.41. The number of nitrogens with one attached hydrogen (secondary N) is 2. The number of methoxy groups -OCH3 is 1. The highest BCUT2D eigenvalue weighted by Crippen LogP contribution is 2.33. The summed E-state index contributed by atoms with van der Waals surface area (Å²) < 4.78 is 4.80. The predicted octanol–water partition coefficient (Wildman–Crippen LogP) is 0.913. The van der Waals surface area contributed by atoms with E-state index in [1.165, 1.54) is 7.11 Å². The maximum Gasteiger partial charge on any atom is 0.253 e. The Kier molecular flexibility index (Phi) is 8.84. The second-order valence-corrected chi connectivity index (χ2v) is 6.35. The smallest absolute Gasteiger partial charge is 0.253 e. The van der Waals surface area contributed by atoms with Crippen molar-refractivity contribution in [3.8, 4) is 0 Å². The van der Waals surface area contributed by atoms with Crippen LogP contribution in [0, 0.1) is 13.8 Å². The van der Waals surface area contributed by atoms with E-state index >= 15 is 0 Å². The van der Waals surface area contributed by atoms with Crippen LogP contribution in [0.2, 0.25) is 0 Å². The van der Waals surface area contributed by atoms with Crippen LogP contribution < -0.4 is 10.6 Å². The molecular weight excluding hydrogens is 376 g/mol. The van der Waals surface area contributed by atoms with Gasteiger partial charge in [-0.15, -0.1) is 0 Å². The average Bonchev–Trinajstić information content (AvgIpc) is 2.62. The molecule has 0 saturated carbocycles. The van der Waals surface area contributed by atoms with Crippen LogP contribution in [0.3, 0.4) is 0 Å². The van der Waals surface area contributed by atoms with E-state index in [2.05, 4.69) is 10.6 Å². The molecule has 1 aromatic rings. The summed E-state index contributed by atoms with van der Waals surface area (Å²) >= 11 is 5.76. The number of halogens is 1. The third-order valence-electron chi connectivity index (χ3n) is 4.13. The summed E-state index contributed by atoms with van der Waals surface area (Å²) in [6.45, 7) is 4.21. The summed E-state index contributed by atoms with van der Waals surface area (Å²) in [5.41, 5.74) is 2.04. The second kappa shape index (κ2) is 10.4. The molecule has 0 radical (unpaired) electrons. The fourth-order valence-electron chi connectivity index (χ4n) is 2.89. The van der Waals surface area contributed by atoms with E-state index in [0.717, 1.165) is 0 Å². The van der Waals surface area contributed by atoms with Crippen molar-refractivity contribution < 1.29 is 29.3 Å². The van der Waals surface area contributed by atoms with E-state index in [1.807, 2.05) is 0 Å². The lowest BCUT2D eigenvalue weighted by Crippen LogP contribution is -2.35. The van der Waals surface area contributed by atoms with Crippen molar-refractivity contribution in [1.82, 2.24) is 5.32 Å². The number of hydrogen-bond donors (Lipinski definition) is 4. The minimum Gasteiger partial charge on any atom is -0.394 e. The van der Waals surface area contributed by atoms with Gasteiger partial charge in [0, 0.05) is 30.5 Å². The topological polar surface area (TPSA) is 125 Å². The first kappa shape index (κ1) is 23.0. The second-order valence-electron chi connectivity index (χ2n) is 6.01. The van der Waals surface area contributed by atoms with Crippen LogP contribution >= 0.6 is 11.6 Å². The standard InChI is InChI=1S/C18H25ClN2O6/c1-5-12-14(17(19)25)9(2)16(21-13(24)8-27-4)10(3)15(12)18(26)20-6-11(23)7-22/h11,22-23H,5-8H2,1-4H3,(H,20,26)(H,21,24). The number of rotatable bonds is 9. The molecule has 0 saturated heterocycles. The fraction of sp³-hybridized carbons (Fsp3) is 0.500. The summed E-state index contributed by atoms with van der Waals surface area (Å²) in [5, 5.41) is 22.8. The Morgan fingerprint density at radius 3 is 2.26 bits per heavy atom. The molecule has 1 aromatic carbocycles. The van der Waals surface area contributed by atoms with Gasteiger partial charge >= 0.3 is 0 Å². The zero-order valence-corrected chi connectivity index (χ0v) is 16.6. The van der Waals surface area contributed by atoms with Gasteiger partial charge in [0.1, 0.15) is 6.61 Å². The minimum absolute atomic E-state index is 0.158. The normalized spacial score (nSPS) is 11.8. The van der Waals surface area contributed by atoms with Crippen LogP contribution in [0.4, 0.5) is 5.69 Å². The lowest BCUT2D eigenvalue weighted by atomic mass is 9.89. The van der Waals surface area contributed by atoms with Crippen molar-refractivity contribution in [1.29, 1.82) is 0 Å². The molecule has 0 aromatic heterocycles. The van der Waals surface area contributed by atoms with Crippen molar-refractivity contribution in [2.75, 3.05) is 32.2 Å². The number of ether oxygens (including phenoxy) is 1. The molecule has 1 rings (SSSR count). The zero-order valence-electron chi connectivity index (χ0n) is 15.8. The van der Waals surface area contributed by atoms with E-state index in [0.29, 0.717) is 28.8 Å². The van der Waals surface area contributed by atoms with Crippen molar-refractivity contribution in [3.63, 3.8) is 0 Å². The number of hydrogen-bond acceptors (Lipinski definition) is 6. The van der Waals surface area contributed by atoms with Crippen LogP contribution in [-0.2, 0) is 16.0 Å². The predicted molar refractivity (Wildman–Crippen MR) is 101 cm³/mol. The third kappa shape index (κ3) is 5.49. The van der Waals surface area contributed by atoms with Crippen LogP contribution in [0.1, 0.15) is 44.3 Å². The van der Waals surface area contributed by atoms with Gasteiger partial charge in [-0.05, 0) is 48.6 Å². The van der Waals surface area contributed by atoms with Crippen molar-refractivity contribution >= 4 is 34.3 Å². The molecular formula is C18H25ClN2O6. The number of aliphatic hydroxyl groups is 2. The van der Waals surface area contributed by atoms with Gasteiger partial charge in [0.15, 0.2) is 0 Å².